The molecule has 0 aliphatic carbocycles. The number of halogens is 4. The van der Waals surface area contributed by atoms with E-state index in [2.05, 4.69) is 4.98 Å². The minimum absolute atomic E-state index is 0.0556. The fraction of sp³-hybridized carbons (Fsp3) is 0.100. The van der Waals surface area contributed by atoms with E-state index < -0.39 is 5.82 Å². The maximum Gasteiger partial charge on any atom is 0.161 e. The van der Waals surface area contributed by atoms with Gasteiger partial charge < -0.3 is 0 Å². The molecule has 15 heavy (non-hydrogen) atoms. The Hall–Kier alpha value is -0.570. The summed E-state index contributed by atoms with van der Waals surface area (Å²) in [5, 5.41) is 0.666. The van der Waals surface area contributed by atoms with Crippen molar-refractivity contribution >= 4 is 45.7 Å². The summed E-state index contributed by atoms with van der Waals surface area (Å²) in [5.41, 5.74) is 1.23. The fourth-order valence-corrected chi connectivity index (χ4v) is 2.14. The molecule has 1 nitrogen and oxygen atoms in total. The van der Waals surface area contributed by atoms with Crippen LogP contribution in [0.3, 0.4) is 0 Å². The van der Waals surface area contributed by atoms with Crippen LogP contribution in [0.5, 0.6) is 0 Å². The van der Waals surface area contributed by atoms with Crippen LogP contribution in [0.25, 0.3) is 10.9 Å². The number of hydrogen-bond acceptors (Lipinski definition) is 1. The van der Waals surface area contributed by atoms with Gasteiger partial charge in [0.1, 0.15) is 0 Å². The van der Waals surface area contributed by atoms with Gasteiger partial charge >= 0.3 is 0 Å². The van der Waals surface area contributed by atoms with Crippen LogP contribution in [0.1, 0.15) is 5.56 Å². The van der Waals surface area contributed by atoms with Crippen LogP contribution in [0.2, 0.25) is 15.1 Å². The number of pyridine rings is 1. The average Bonchev–Trinajstić information content (AvgIpc) is 2.20. The van der Waals surface area contributed by atoms with Gasteiger partial charge in [0.2, 0.25) is 0 Å². The third kappa shape index (κ3) is 1.67. The van der Waals surface area contributed by atoms with Crippen molar-refractivity contribution in [3.05, 3.63) is 38.7 Å². The van der Waals surface area contributed by atoms with Crippen molar-refractivity contribution in [1.29, 1.82) is 0 Å². The molecule has 0 aliphatic heterocycles. The van der Waals surface area contributed by atoms with Gasteiger partial charge in [-0.1, -0.05) is 34.8 Å². The molecule has 2 aromatic rings. The van der Waals surface area contributed by atoms with Crippen molar-refractivity contribution in [1.82, 2.24) is 4.98 Å². The summed E-state index contributed by atoms with van der Waals surface area (Å²) in [5.74, 6) is -0.667. The van der Waals surface area contributed by atoms with Gasteiger partial charge in [0.15, 0.2) is 5.82 Å². The maximum absolute atomic E-state index is 13.4. The molecule has 1 aromatic heterocycles. The van der Waals surface area contributed by atoms with E-state index in [0.29, 0.717) is 15.9 Å². The second-order valence-electron chi connectivity index (χ2n) is 3.14. The van der Waals surface area contributed by atoms with E-state index >= 15 is 0 Å². The smallest absolute Gasteiger partial charge is 0.161 e. The highest BCUT2D eigenvalue weighted by atomic mass is 35.5. The van der Waals surface area contributed by atoms with E-state index in [1.54, 1.807) is 13.1 Å². The summed E-state index contributed by atoms with van der Waals surface area (Å²) in [6.07, 6.45) is 1.59. The lowest BCUT2D eigenvalue weighted by Gasteiger charge is -2.06. The Kier molecular flexibility index (Phi) is 2.75. The lowest BCUT2D eigenvalue weighted by atomic mass is 10.1. The standard InChI is InChI=1S/C10H5Cl3FN/c1-4-3-15-6-2-5(11)10(14)9(13)7(6)8(4)12/h2-3H,1H3. The van der Waals surface area contributed by atoms with Crippen molar-refractivity contribution in [3.63, 3.8) is 0 Å². The number of benzene rings is 1. The first-order valence-electron chi connectivity index (χ1n) is 4.10. The lowest BCUT2D eigenvalue weighted by molar-refractivity contribution is 0.630. The van der Waals surface area contributed by atoms with Crippen LogP contribution in [-0.4, -0.2) is 4.98 Å². The van der Waals surface area contributed by atoms with Crippen LogP contribution in [0, 0.1) is 12.7 Å². The van der Waals surface area contributed by atoms with Crippen molar-refractivity contribution in [2.24, 2.45) is 0 Å². The van der Waals surface area contributed by atoms with Gasteiger partial charge in [-0.15, -0.1) is 0 Å². The number of aromatic nitrogens is 1. The van der Waals surface area contributed by atoms with Crippen molar-refractivity contribution in [2.75, 3.05) is 0 Å². The minimum Gasteiger partial charge on any atom is -0.256 e. The zero-order valence-electron chi connectivity index (χ0n) is 7.61. The van der Waals surface area contributed by atoms with Crippen molar-refractivity contribution in [2.45, 2.75) is 6.92 Å². The molecule has 0 unspecified atom stereocenters. The highest BCUT2D eigenvalue weighted by Gasteiger charge is 2.14. The molecule has 0 aliphatic rings. The second-order valence-corrected chi connectivity index (χ2v) is 4.30. The lowest BCUT2D eigenvalue weighted by Crippen LogP contribution is -1.89. The Labute approximate surface area is 101 Å². The van der Waals surface area contributed by atoms with Gasteiger partial charge in [-0.05, 0) is 18.6 Å². The summed E-state index contributed by atoms with van der Waals surface area (Å²) in [7, 11) is 0. The summed E-state index contributed by atoms with van der Waals surface area (Å²) in [4.78, 5) is 4.08. The van der Waals surface area contributed by atoms with Gasteiger partial charge in [0.25, 0.3) is 0 Å². The normalized spacial score (nSPS) is 11.0. The molecule has 1 heterocycles. The highest BCUT2D eigenvalue weighted by molar-refractivity contribution is 6.44. The highest BCUT2D eigenvalue weighted by Crippen LogP contribution is 2.36. The number of rotatable bonds is 0. The molecule has 2 rings (SSSR count). The maximum atomic E-state index is 13.4. The number of aryl methyl sites for hydroxylation is 1. The molecule has 0 atom stereocenters. The summed E-state index contributed by atoms with van der Waals surface area (Å²) in [6.45, 7) is 1.78. The van der Waals surface area contributed by atoms with E-state index in [-0.39, 0.29) is 10.0 Å². The first-order chi connectivity index (χ1) is 7.02. The van der Waals surface area contributed by atoms with E-state index in [1.165, 1.54) is 6.07 Å². The van der Waals surface area contributed by atoms with E-state index in [4.69, 9.17) is 34.8 Å². The topological polar surface area (TPSA) is 12.9 Å². The number of nitrogens with zero attached hydrogens (tertiary/aromatic N) is 1. The largest absolute Gasteiger partial charge is 0.256 e. The van der Waals surface area contributed by atoms with Crippen LogP contribution in [0.15, 0.2) is 12.3 Å². The minimum atomic E-state index is -0.667. The Morgan fingerprint density at radius 3 is 2.53 bits per heavy atom. The molecule has 0 N–H and O–H groups in total. The van der Waals surface area contributed by atoms with Gasteiger partial charge in [0, 0.05) is 11.6 Å². The van der Waals surface area contributed by atoms with E-state index in [0.717, 1.165) is 5.56 Å². The predicted molar refractivity (Wildman–Crippen MR) is 61.5 cm³/mol. The average molecular weight is 265 g/mol. The molecule has 0 saturated heterocycles. The second kappa shape index (κ2) is 3.78. The van der Waals surface area contributed by atoms with Gasteiger partial charge in [0.05, 0.1) is 20.6 Å². The fourth-order valence-electron chi connectivity index (χ4n) is 1.31. The molecule has 0 fully saturated rings. The SMILES string of the molecule is Cc1cnc2cc(Cl)c(F)c(Cl)c2c1Cl. The molecule has 0 saturated carbocycles. The molecule has 78 valence electrons. The predicted octanol–water partition coefficient (Wildman–Crippen LogP) is 4.64. The zero-order chi connectivity index (χ0) is 11.2. The van der Waals surface area contributed by atoms with Crippen LogP contribution >= 0.6 is 34.8 Å². The third-order valence-corrected chi connectivity index (χ3v) is 3.22. The molecule has 0 bridgehead atoms. The Morgan fingerprint density at radius 2 is 1.87 bits per heavy atom. The number of hydrogen-bond donors (Lipinski definition) is 0. The van der Waals surface area contributed by atoms with Crippen LogP contribution in [-0.2, 0) is 0 Å². The van der Waals surface area contributed by atoms with Crippen LogP contribution in [0.4, 0.5) is 4.39 Å². The first-order valence-corrected chi connectivity index (χ1v) is 5.24. The molecule has 0 radical (unpaired) electrons. The summed E-state index contributed by atoms with van der Waals surface area (Å²) in [6, 6.07) is 1.41. The monoisotopic (exact) mass is 263 g/mol. The van der Waals surface area contributed by atoms with Gasteiger partial charge in [-0.2, -0.15) is 0 Å². The van der Waals surface area contributed by atoms with Gasteiger partial charge in [-0.3, -0.25) is 4.98 Å². The van der Waals surface area contributed by atoms with Crippen molar-refractivity contribution < 1.29 is 4.39 Å². The quantitative estimate of drug-likeness (QED) is 0.632. The summed E-state index contributed by atoms with van der Waals surface area (Å²) >= 11 is 17.5. The molecule has 0 amide bonds. The van der Waals surface area contributed by atoms with E-state index in [1.807, 2.05) is 0 Å². The molecular weight excluding hydrogens is 259 g/mol. The Balaban J connectivity index is 3.00. The van der Waals surface area contributed by atoms with E-state index in [9.17, 15) is 4.39 Å². The summed E-state index contributed by atoms with van der Waals surface area (Å²) < 4.78 is 13.4. The first kappa shape index (κ1) is 10.9. The zero-order valence-corrected chi connectivity index (χ0v) is 9.88. The van der Waals surface area contributed by atoms with Crippen LogP contribution < -0.4 is 0 Å². The van der Waals surface area contributed by atoms with Gasteiger partial charge in [-0.25, -0.2) is 4.39 Å². The Bertz CT molecular complexity index is 554. The third-order valence-electron chi connectivity index (χ3n) is 2.10. The molecule has 1 aromatic carbocycles. The molecular formula is C10H5Cl3FN. The molecule has 0 spiro atoms. The molecule has 5 heteroatoms. The number of fused-ring (bicyclic) bond motifs is 1. The van der Waals surface area contributed by atoms with Crippen molar-refractivity contribution in [3.8, 4) is 0 Å². The Morgan fingerprint density at radius 1 is 1.20 bits per heavy atom.